The molecule has 5 aliphatic rings. The van der Waals surface area contributed by atoms with Gasteiger partial charge in [-0.25, -0.2) is 4.99 Å². The molecule has 0 saturated heterocycles. The molecule has 5 aliphatic carbocycles. The molecule has 3 unspecified atom stereocenters. The van der Waals surface area contributed by atoms with Crippen LogP contribution in [0.15, 0.2) is 41.6 Å². The number of nitrogens with one attached hydrogen (secondary N) is 2. The fraction of sp³-hybridized carbons (Fsp3) is 0.607. The summed E-state index contributed by atoms with van der Waals surface area (Å²) in [7, 11) is 0. The summed E-state index contributed by atoms with van der Waals surface area (Å²) < 4.78 is 5.27. The van der Waals surface area contributed by atoms with Crippen LogP contribution in [0.2, 0.25) is 0 Å². The molecule has 1 amide bonds. The molecule has 6 nitrogen and oxygen atoms in total. The number of hydrogen-bond donors (Lipinski definition) is 3. The van der Waals surface area contributed by atoms with Gasteiger partial charge >= 0.3 is 5.97 Å². The van der Waals surface area contributed by atoms with Crippen molar-refractivity contribution in [3.63, 3.8) is 0 Å². The van der Waals surface area contributed by atoms with Gasteiger partial charge in [-0.1, -0.05) is 30.3 Å². The Morgan fingerprint density at radius 1 is 1.15 bits per heavy atom. The van der Waals surface area contributed by atoms with Crippen LogP contribution in [-0.2, 0) is 20.9 Å². The largest absolute Gasteiger partial charge is 0.466 e. The van der Waals surface area contributed by atoms with Crippen molar-refractivity contribution in [1.29, 1.82) is 0 Å². The number of benzene rings is 1. The molecular formula is C28H38N3O3+. The van der Waals surface area contributed by atoms with Gasteiger partial charge in [0.15, 0.2) is 12.3 Å². The standard InChI is InChI=1S/C28H37N3O3/c1-2-34-27(33)20-8-9-23(24(12-20)30-16-18-6-4-3-5-7-18)25(29)26(32)31-17-28-13-19-10-21(14-28)22(11-19)15-28/h3-7,19-22H,2,8-17,29H2,1H3,(H,31,32)/p+1. The van der Waals surface area contributed by atoms with E-state index in [1.165, 1.54) is 32.1 Å². The second-order valence-electron chi connectivity index (χ2n) is 11.1. The summed E-state index contributed by atoms with van der Waals surface area (Å²) in [4.78, 5) is 29.1. The van der Waals surface area contributed by atoms with Gasteiger partial charge in [-0.05, 0) is 75.0 Å². The molecule has 6 rings (SSSR count). The van der Waals surface area contributed by atoms with E-state index in [9.17, 15) is 9.59 Å². The highest BCUT2D eigenvalue weighted by atomic mass is 16.5. The molecule has 5 fully saturated rings. The molecule has 34 heavy (non-hydrogen) atoms. The zero-order valence-corrected chi connectivity index (χ0v) is 20.3. The molecule has 0 radical (unpaired) electrons. The summed E-state index contributed by atoms with van der Waals surface area (Å²) in [6.45, 7) is 3.56. The van der Waals surface area contributed by atoms with Crippen molar-refractivity contribution >= 4 is 17.6 Å². The molecule has 182 valence electrons. The number of rotatable bonds is 7. The minimum atomic E-state index is -0.207. The molecule has 0 aliphatic heterocycles. The lowest BCUT2D eigenvalue weighted by Crippen LogP contribution is -2.72. The second-order valence-corrected chi connectivity index (χ2v) is 11.1. The van der Waals surface area contributed by atoms with E-state index in [1.807, 2.05) is 25.1 Å². The molecule has 5 saturated carbocycles. The Labute approximate surface area is 202 Å². The van der Waals surface area contributed by atoms with Gasteiger partial charge in [-0.3, -0.25) is 9.59 Å². The van der Waals surface area contributed by atoms with Crippen LogP contribution in [0.25, 0.3) is 0 Å². The fourth-order valence-electron chi connectivity index (χ4n) is 7.38. The predicted octanol–water partition coefficient (Wildman–Crippen LogP) is 2.23. The highest BCUT2D eigenvalue weighted by Gasteiger charge is 2.55. The minimum absolute atomic E-state index is 0.166. The third kappa shape index (κ3) is 4.64. The van der Waals surface area contributed by atoms with Crippen molar-refractivity contribution in [3.8, 4) is 0 Å². The second kappa shape index (κ2) is 9.55. The zero-order chi connectivity index (χ0) is 23.7. The van der Waals surface area contributed by atoms with Crippen LogP contribution in [0.5, 0.6) is 0 Å². The molecule has 4 N–H and O–H groups in total. The van der Waals surface area contributed by atoms with Crippen LogP contribution in [0.1, 0.15) is 63.9 Å². The Bertz CT molecular complexity index is 980. The number of ether oxygens (including phenoxy) is 1. The van der Waals surface area contributed by atoms with Gasteiger partial charge < -0.3 is 15.8 Å². The van der Waals surface area contributed by atoms with Crippen LogP contribution >= 0.6 is 0 Å². The maximum absolute atomic E-state index is 13.2. The summed E-state index contributed by atoms with van der Waals surface area (Å²) in [6.07, 6.45) is 8.35. The Kier molecular flexibility index (Phi) is 6.50. The van der Waals surface area contributed by atoms with Crippen LogP contribution in [0.4, 0.5) is 0 Å². The number of allylic oxidation sites excluding steroid dienone is 1. The van der Waals surface area contributed by atoms with Crippen LogP contribution < -0.4 is 16.0 Å². The lowest BCUT2D eigenvalue weighted by atomic mass is 9.69. The van der Waals surface area contributed by atoms with Crippen molar-refractivity contribution in [2.75, 3.05) is 13.2 Å². The first-order chi connectivity index (χ1) is 16.5. The van der Waals surface area contributed by atoms with Crippen LogP contribution in [-0.4, -0.2) is 30.7 Å². The van der Waals surface area contributed by atoms with E-state index in [4.69, 9.17) is 10.5 Å². The van der Waals surface area contributed by atoms with Gasteiger partial charge in [0, 0.05) is 24.1 Å². The van der Waals surface area contributed by atoms with Gasteiger partial charge in [0.05, 0.1) is 12.5 Å². The molecular weight excluding hydrogens is 426 g/mol. The molecule has 6 heteroatoms. The summed E-state index contributed by atoms with van der Waals surface area (Å²) in [5, 5.41) is 3.20. The van der Waals surface area contributed by atoms with E-state index < -0.39 is 0 Å². The van der Waals surface area contributed by atoms with Crippen LogP contribution in [0, 0.1) is 29.1 Å². The quantitative estimate of drug-likeness (QED) is 0.426. The molecule has 1 aromatic carbocycles. The third-order valence-electron chi connectivity index (χ3n) is 8.77. The average Bonchev–Trinajstić information content (AvgIpc) is 3.27. The predicted molar refractivity (Wildman–Crippen MR) is 130 cm³/mol. The summed E-state index contributed by atoms with van der Waals surface area (Å²) in [6, 6.07) is 10.1. The molecule has 1 aromatic rings. The number of amides is 1. The Balaban J connectivity index is 1.30. The van der Waals surface area contributed by atoms with Crippen molar-refractivity contribution in [3.05, 3.63) is 47.2 Å². The molecule has 0 aromatic heterocycles. The monoisotopic (exact) mass is 464 g/mol. The van der Waals surface area contributed by atoms with Gasteiger partial charge in [-0.15, -0.1) is 0 Å². The Morgan fingerprint density at radius 2 is 1.88 bits per heavy atom. The number of carbonyl (C=O) groups excluding carboxylic acids is 2. The summed E-state index contributed by atoms with van der Waals surface area (Å²) in [5.74, 6) is 2.08. The first-order valence-corrected chi connectivity index (χ1v) is 13.0. The number of carbonyl (C=O) groups is 2. The molecule has 4 bridgehead atoms. The smallest absolute Gasteiger partial charge is 0.309 e. The Morgan fingerprint density at radius 3 is 2.56 bits per heavy atom. The Hall–Kier alpha value is -2.63. The van der Waals surface area contributed by atoms with E-state index in [0.29, 0.717) is 38.1 Å². The van der Waals surface area contributed by atoms with E-state index in [2.05, 4.69) is 22.4 Å². The SMILES string of the molecule is CCOC(=O)C1CCC(=C(N)C(=O)NCC23CC4CC(C2)C(C4)C3)C(=[NH+]Cc2ccccc2)C1. The zero-order valence-electron chi connectivity index (χ0n) is 20.3. The first-order valence-electron chi connectivity index (χ1n) is 13.0. The van der Waals surface area contributed by atoms with Crippen molar-refractivity contribution < 1.29 is 19.3 Å². The number of nitrogens with two attached hydrogens (primary N) is 1. The van der Waals surface area contributed by atoms with Crippen molar-refractivity contribution in [2.45, 2.75) is 64.8 Å². The molecule has 0 heterocycles. The van der Waals surface area contributed by atoms with Crippen LogP contribution in [0.3, 0.4) is 0 Å². The summed E-state index contributed by atoms with van der Waals surface area (Å²) in [5.41, 5.74) is 9.93. The maximum atomic E-state index is 13.2. The van der Waals surface area contributed by atoms with E-state index in [0.717, 1.165) is 41.1 Å². The maximum Gasteiger partial charge on any atom is 0.309 e. The highest BCUT2D eigenvalue weighted by Crippen LogP contribution is 2.63. The van der Waals surface area contributed by atoms with E-state index in [1.54, 1.807) is 0 Å². The van der Waals surface area contributed by atoms with Crippen molar-refractivity contribution in [1.82, 2.24) is 5.32 Å². The molecule has 3 atom stereocenters. The van der Waals surface area contributed by atoms with Crippen molar-refractivity contribution in [2.24, 2.45) is 34.8 Å². The molecule has 0 spiro atoms. The van der Waals surface area contributed by atoms with E-state index >= 15 is 0 Å². The third-order valence-corrected chi connectivity index (χ3v) is 8.77. The van der Waals surface area contributed by atoms with E-state index in [-0.39, 0.29) is 23.2 Å². The topological polar surface area (TPSA) is 95.4 Å². The number of hydrogen-bond acceptors (Lipinski definition) is 4. The fourth-order valence-corrected chi connectivity index (χ4v) is 7.38. The van der Waals surface area contributed by atoms with Gasteiger partial charge in [0.25, 0.3) is 5.91 Å². The first kappa shape index (κ1) is 23.1. The lowest BCUT2D eigenvalue weighted by molar-refractivity contribution is -0.476. The average molecular weight is 465 g/mol. The number of esters is 1. The highest BCUT2D eigenvalue weighted by molar-refractivity contribution is 6.06. The van der Waals surface area contributed by atoms with Gasteiger partial charge in [0.2, 0.25) is 0 Å². The summed E-state index contributed by atoms with van der Waals surface area (Å²) >= 11 is 0. The normalized spacial score (nSPS) is 34.3. The lowest BCUT2D eigenvalue weighted by Gasteiger charge is -2.38. The van der Waals surface area contributed by atoms with Gasteiger partial charge in [-0.2, -0.15) is 0 Å². The van der Waals surface area contributed by atoms with Gasteiger partial charge in [0.1, 0.15) is 5.70 Å². The minimum Gasteiger partial charge on any atom is -0.466 e.